The standard InChI is InChI=1S/C40H46N2O6S/c1-27(2)34-22-38(49-42(24-39(43)48-40(3,4)5)31-13-18-35-30(21-31)19-20-41(35)6)37(47-26-29-11-16-33(45-8)17-12-29)23-36(34)46-25-28-9-14-32(44-7)15-10-28/h9-23,27H,24-26H2,1-8H3. The number of carbonyl (C=O) groups is 1. The van der Waals surface area contributed by atoms with E-state index in [0.29, 0.717) is 19.0 Å². The first kappa shape index (κ1) is 35.5. The topological polar surface area (TPSA) is 71.4 Å². The molecule has 0 amide bonds. The number of benzene rings is 4. The fourth-order valence-electron chi connectivity index (χ4n) is 5.29. The third-order valence-corrected chi connectivity index (χ3v) is 8.94. The van der Waals surface area contributed by atoms with Crippen molar-refractivity contribution in [1.29, 1.82) is 0 Å². The number of methoxy groups -OCH3 is 2. The van der Waals surface area contributed by atoms with Crippen LogP contribution in [0.4, 0.5) is 5.69 Å². The molecule has 9 heteroatoms. The van der Waals surface area contributed by atoms with Crippen LogP contribution in [-0.4, -0.2) is 36.9 Å². The molecule has 0 bridgehead atoms. The lowest BCUT2D eigenvalue weighted by Crippen LogP contribution is -2.31. The van der Waals surface area contributed by atoms with Gasteiger partial charge >= 0.3 is 5.97 Å². The molecule has 1 aromatic heterocycles. The molecular formula is C40H46N2O6S. The number of aromatic nitrogens is 1. The summed E-state index contributed by atoms with van der Waals surface area (Å²) in [6.45, 7) is 10.7. The molecule has 0 unspecified atom stereocenters. The predicted molar refractivity (Wildman–Crippen MR) is 197 cm³/mol. The van der Waals surface area contributed by atoms with Crippen LogP contribution >= 0.6 is 11.9 Å². The number of ether oxygens (including phenoxy) is 5. The van der Waals surface area contributed by atoms with Crippen LogP contribution in [0.5, 0.6) is 23.0 Å². The number of aryl methyl sites for hydroxylation is 1. The van der Waals surface area contributed by atoms with Gasteiger partial charge in [-0.1, -0.05) is 38.1 Å². The Morgan fingerprint density at radius 2 is 1.39 bits per heavy atom. The number of anilines is 1. The van der Waals surface area contributed by atoms with E-state index in [1.165, 1.54) is 11.9 Å². The molecule has 0 saturated heterocycles. The second-order valence-corrected chi connectivity index (χ2v) is 14.2. The summed E-state index contributed by atoms with van der Waals surface area (Å²) >= 11 is 1.45. The van der Waals surface area contributed by atoms with E-state index in [9.17, 15) is 4.79 Å². The van der Waals surface area contributed by atoms with Crippen molar-refractivity contribution in [1.82, 2.24) is 4.57 Å². The number of fused-ring (bicyclic) bond motifs is 1. The molecule has 0 spiro atoms. The highest BCUT2D eigenvalue weighted by molar-refractivity contribution is 8.00. The van der Waals surface area contributed by atoms with Gasteiger partial charge in [-0.15, -0.1) is 0 Å². The molecule has 1 heterocycles. The Balaban J connectivity index is 1.52. The number of carbonyl (C=O) groups excluding carboxylic acids is 1. The smallest absolute Gasteiger partial charge is 0.327 e. The quantitative estimate of drug-likeness (QED) is 0.0848. The summed E-state index contributed by atoms with van der Waals surface area (Å²) in [7, 11) is 5.33. The molecular weight excluding hydrogens is 637 g/mol. The minimum absolute atomic E-state index is 0.0327. The Kier molecular flexibility index (Phi) is 11.3. The van der Waals surface area contributed by atoms with E-state index in [2.05, 4.69) is 42.7 Å². The van der Waals surface area contributed by atoms with E-state index >= 15 is 0 Å². The highest BCUT2D eigenvalue weighted by atomic mass is 32.2. The summed E-state index contributed by atoms with van der Waals surface area (Å²) in [5, 5.41) is 1.08. The van der Waals surface area contributed by atoms with Crippen LogP contribution in [0.1, 0.15) is 57.2 Å². The van der Waals surface area contributed by atoms with Crippen molar-refractivity contribution < 1.29 is 28.5 Å². The van der Waals surface area contributed by atoms with Crippen molar-refractivity contribution >= 4 is 34.5 Å². The van der Waals surface area contributed by atoms with Crippen molar-refractivity contribution in [3.05, 3.63) is 108 Å². The van der Waals surface area contributed by atoms with Crippen LogP contribution < -0.4 is 23.3 Å². The Labute approximate surface area is 294 Å². The van der Waals surface area contributed by atoms with Gasteiger partial charge in [-0.05, 0) is 110 Å². The molecule has 258 valence electrons. The molecule has 0 aliphatic heterocycles. The first-order chi connectivity index (χ1) is 23.4. The van der Waals surface area contributed by atoms with Gasteiger partial charge in [-0.2, -0.15) is 0 Å². The average Bonchev–Trinajstić information content (AvgIpc) is 3.45. The van der Waals surface area contributed by atoms with Crippen molar-refractivity contribution in [2.75, 3.05) is 25.1 Å². The van der Waals surface area contributed by atoms with Gasteiger partial charge in [0, 0.05) is 35.9 Å². The van der Waals surface area contributed by atoms with Gasteiger partial charge in [0.2, 0.25) is 0 Å². The van der Waals surface area contributed by atoms with E-state index in [4.69, 9.17) is 23.7 Å². The van der Waals surface area contributed by atoms with E-state index in [1.807, 2.05) is 99.0 Å². The van der Waals surface area contributed by atoms with Gasteiger partial charge in [0.25, 0.3) is 0 Å². The summed E-state index contributed by atoms with van der Waals surface area (Å²) in [4.78, 5) is 14.1. The lowest BCUT2D eigenvalue weighted by molar-refractivity contribution is -0.152. The van der Waals surface area contributed by atoms with Crippen LogP contribution in [0.3, 0.4) is 0 Å². The first-order valence-corrected chi connectivity index (χ1v) is 17.1. The van der Waals surface area contributed by atoms with E-state index in [1.54, 1.807) is 14.2 Å². The third kappa shape index (κ3) is 9.44. The molecule has 0 aliphatic rings. The molecule has 5 rings (SSSR count). The largest absolute Gasteiger partial charge is 0.497 e. The van der Waals surface area contributed by atoms with Crippen molar-refractivity contribution in [3.63, 3.8) is 0 Å². The van der Waals surface area contributed by atoms with Crippen LogP contribution in [-0.2, 0) is 29.8 Å². The van der Waals surface area contributed by atoms with Gasteiger partial charge in [0.1, 0.15) is 48.4 Å². The minimum Gasteiger partial charge on any atom is -0.497 e. The van der Waals surface area contributed by atoms with Gasteiger partial charge in [0.15, 0.2) is 0 Å². The molecule has 8 nitrogen and oxygen atoms in total. The molecule has 0 aliphatic carbocycles. The minimum atomic E-state index is -0.614. The SMILES string of the molecule is COc1ccc(COc2cc(OCc3ccc(OC)cc3)c(C(C)C)cc2SN(CC(=O)OC(C)(C)C)c2ccc3c(ccn3C)c2)cc1. The Morgan fingerprint density at radius 3 is 1.94 bits per heavy atom. The molecule has 4 aromatic carbocycles. The van der Waals surface area contributed by atoms with Crippen molar-refractivity contribution in [3.8, 4) is 23.0 Å². The molecule has 0 radical (unpaired) electrons. The molecule has 0 atom stereocenters. The normalized spacial score (nSPS) is 11.4. The van der Waals surface area contributed by atoms with E-state index < -0.39 is 5.60 Å². The number of hydrogen-bond donors (Lipinski definition) is 0. The zero-order valence-corrected chi connectivity index (χ0v) is 30.4. The highest BCUT2D eigenvalue weighted by Gasteiger charge is 2.24. The molecule has 49 heavy (non-hydrogen) atoms. The maximum atomic E-state index is 13.3. The monoisotopic (exact) mass is 682 g/mol. The maximum Gasteiger partial charge on any atom is 0.327 e. The molecule has 0 saturated carbocycles. The average molecular weight is 683 g/mol. The fraction of sp³-hybridized carbons (Fsp3) is 0.325. The second-order valence-electron chi connectivity index (χ2n) is 13.1. The Morgan fingerprint density at radius 1 is 0.796 bits per heavy atom. The van der Waals surface area contributed by atoms with Gasteiger partial charge in [0.05, 0.1) is 19.1 Å². The van der Waals surface area contributed by atoms with Gasteiger partial charge < -0.3 is 32.6 Å². The molecule has 0 fully saturated rings. The second kappa shape index (κ2) is 15.6. The zero-order valence-electron chi connectivity index (χ0n) is 29.6. The summed E-state index contributed by atoms with van der Waals surface area (Å²) in [5.74, 6) is 2.79. The van der Waals surface area contributed by atoms with Crippen molar-refractivity contribution in [2.45, 2.75) is 64.2 Å². The van der Waals surface area contributed by atoms with Crippen LogP contribution in [0.25, 0.3) is 10.9 Å². The Bertz CT molecular complexity index is 1860. The predicted octanol–water partition coefficient (Wildman–Crippen LogP) is 9.33. The molecule has 0 N–H and O–H groups in total. The summed E-state index contributed by atoms with van der Waals surface area (Å²) in [6.07, 6.45) is 2.03. The van der Waals surface area contributed by atoms with Crippen LogP contribution in [0, 0.1) is 0 Å². The van der Waals surface area contributed by atoms with E-state index in [0.717, 1.165) is 55.4 Å². The zero-order chi connectivity index (χ0) is 35.1. The summed E-state index contributed by atoms with van der Waals surface area (Å²) in [5.41, 5.74) is 4.41. The van der Waals surface area contributed by atoms with Crippen LogP contribution in [0.15, 0.2) is 96.0 Å². The number of nitrogens with zero attached hydrogens (tertiary/aromatic N) is 2. The highest BCUT2D eigenvalue weighted by Crippen LogP contribution is 2.42. The first-order valence-electron chi connectivity index (χ1n) is 16.3. The maximum absolute atomic E-state index is 13.3. The van der Waals surface area contributed by atoms with Crippen molar-refractivity contribution in [2.24, 2.45) is 7.05 Å². The molecule has 5 aromatic rings. The summed E-state index contributed by atoms with van der Waals surface area (Å²) in [6, 6.07) is 28.0. The van der Waals surface area contributed by atoms with Crippen LogP contribution in [0.2, 0.25) is 0 Å². The third-order valence-electron chi connectivity index (χ3n) is 7.86. The lowest BCUT2D eigenvalue weighted by atomic mass is 10.0. The lowest BCUT2D eigenvalue weighted by Gasteiger charge is -2.27. The van der Waals surface area contributed by atoms with Gasteiger partial charge in [-0.3, -0.25) is 4.79 Å². The fourth-order valence-corrected chi connectivity index (χ4v) is 6.31. The Hall–Kier alpha value is -4.76. The number of esters is 1. The van der Waals surface area contributed by atoms with Gasteiger partial charge in [-0.25, -0.2) is 0 Å². The number of hydrogen-bond acceptors (Lipinski definition) is 8. The number of rotatable bonds is 14. The van der Waals surface area contributed by atoms with E-state index in [-0.39, 0.29) is 18.4 Å². The summed E-state index contributed by atoms with van der Waals surface area (Å²) < 4.78 is 33.5.